The van der Waals surface area contributed by atoms with Crippen LogP contribution >= 0.6 is 7.26 Å². The molecule has 0 fully saturated rings. The van der Waals surface area contributed by atoms with Gasteiger partial charge in [0.05, 0.1) is 29.9 Å². The van der Waals surface area contributed by atoms with E-state index in [1.54, 1.807) is 0 Å². The van der Waals surface area contributed by atoms with Gasteiger partial charge in [-0.2, -0.15) is 0 Å². The quantitative estimate of drug-likeness (QED) is 0.463. The van der Waals surface area contributed by atoms with Crippen molar-refractivity contribution in [2.45, 2.75) is 58.5 Å². The third kappa shape index (κ3) is 1.83. The molecule has 0 saturated heterocycles. The maximum Gasteiger partial charge on any atom is 0.0990 e. The highest BCUT2D eigenvalue weighted by molar-refractivity contribution is 7.82. The first-order valence-electron chi connectivity index (χ1n) is 4.75. The zero-order valence-electron chi connectivity index (χ0n) is 9.26. The van der Waals surface area contributed by atoms with Crippen molar-refractivity contribution in [1.29, 1.82) is 0 Å². The second kappa shape index (κ2) is 4.29. The Labute approximate surface area is 78.5 Å². The predicted octanol–water partition coefficient (Wildman–Crippen LogP) is 3.82. The van der Waals surface area contributed by atoms with E-state index in [4.69, 9.17) is 6.42 Å². The molecule has 0 rings (SSSR count). The molecule has 0 unspecified atom stereocenters. The van der Waals surface area contributed by atoms with Gasteiger partial charge in [0.2, 0.25) is 0 Å². The van der Waals surface area contributed by atoms with Gasteiger partial charge in [-0.3, -0.25) is 0 Å². The highest BCUT2D eigenvalue weighted by atomic mass is 31.2. The monoisotopic (exact) mass is 185 g/mol. The summed E-state index contributed by atoms with van der Waals surface area (Å²) < 4.78 is 0. The Kier molecular flexibility index (Phi) is 4.29. The lowest BCUT2D eigenvalue weighted by Gasteiger charge is -2.32. The molecule has 0 aliphatic heterocycles. The van der Waals surface area contributed by atoms with Crippen LogP contribution in [0.3, 0.4) is 0 Å². The highest BCUT2D eigenvalue weighted by Crippen LogP contribution is 2.69. The van der Waals surface area contributed by atoms with Gasteiger partial charge in [-0.05, 0) is 41.5 Å². The maximum absolute atomic E-state index is 5.71. The molecule has 0 aliphatic carbocycles. The van der Waals surface area contributed by atoms with Crippen LogP contribution in [-0.4, -0.2) is 17.0 Å². The van der Waals surface area contributed by atoms with Gasteiger partial charge in [0.25, 0.3) is 0 Å². The minimum Gasteiger partial charge on any atom is -0.0768 e. The highest BCUT2D eigenvalue weighted by Gasteiger charge is 2.46. The fourth-order valence-corrected chi connectivity index (χ4v) is 6.71. The van der Waals surface area contributed by atoms with Crippen LogP contribution in [0.15, 0.2) is 0 Å². The molecule has 0 nitrogen and oxygen atoms in total. The van der Waals surface area contributed by atoms with E-state index in [0.29, 0.717) is 17.0 Å². The van der Waals surface area contributed by atoms with E-state index in [1.165, 1.54) is 0 Å². The molecule has 0 aromatic rings. The molecular formula is C11H22P+. The largest absolute Gasteiger partial charge is 0.0990 e. The molecule has 70 valence electrons. The van der Waals surface area contributed by atoms with Crippen LogP contribution in [0.2, 0.25) is 0 Å². The molecule has 0 aromatic carbocycles. The topological polar surface area (TPSA) is 0 Å². The van der Waals surface area contributed by atoms with Gasteiger partial charge in [0, 0.05) is 0 Å². The van der Waals surface area contributed by atoms with Crippen molar-refractivity contribution >= 4 is 7.26 Å². The van der Waals surface area contributed by atoms with Crippen molar-refractivity contribution < 1.29 is 0 Å². The van der Waals surface area contributed by atoms with Crippen LogP contribution in [0.4, 0.5) is 0 Å². The Bertz CT molecular complexity index is 150. The number of rotatable bonds is 3. The molecule has 0 radical (unpaired) electrons. The molecule has 0 bridgehead atoms. The SMILES string of the molecule is C#C[P+](C(C)C)(C(C)C)C(C)C. The smallest absolute Gasteiger partial charge is 0.0768 e. The minimum absolute atomic E-state index is 0.669. The van der Waals surface area contributed by atoms with Gasteiger partial charge in [-0.1, -0.05) is 6.42 Å². The Morgan fingerprint density at radius 1 is 0.833 bits per heavy atom. The summed E-state index contributed by atoms with van der Waals surface area (Å²) in [6, 6.07) is 0. The summed E-state index contributed by atoms with van der Waals surface area (Å²) in [7, 11) is -1.17. The van der Waals surface area contributed by atoms with E-state index >= 15 is 0 Å². The zero-order valence-corrected chi connectivity index (χ0v) is 10.2. The molecule has 0 saturated carbocycles. The lowest BCUT2D eigenvalue weighted by atomic mass is 10.5. The van der Waals surface area contributed by atoms with Crippen molar-refractivity contribution in [2.75, 3.05) is 0 Å². The van der Waals surface area contributed by atoms with Gasteiger partial charge in [-0.25, -0.2) is 0 Å². The average molecular weight is 185 g/mol. The summed E-state index contributed by atoms with van der Waals surface area (Å²) in [4.78, 5) is 0. The fraction of sp³-hybridized carbons (Fsp3) is 0.818. The van der Waals surface area contributed by atoms with Crippen molar-refractivity contribution in [3.63, 3.8) is 0 Å². The third-order valence-corrected chi connectivity index (χ3v) is 8.36. The Balaban J connectivity index is 4.94. The molecule has 12 heavy (non-hydrogen) atoms. The van der Waals surface area contributed by atoms with E-state index in [9.17, 15) is 0 Å². The van der Waals surface area contributed by atoms with Crippen LogP contribution in [0, 0.1) is 12.1 Å². The van der Waals surface area contributed by atoms with E-state index in [2.05, 4.69) is 47.2 Å². The molecule has 0 N–H and O–H groups in total. The van der Waals surface area contributed by atoms with Crippen LogP contribution < -0.4 is 0 Å². The van der Waals surface area contributed by atoms with E-state index in [1.807, 2.05) is 0 Å². The number of hydrogen-bond donors (Lipinski definition) is 0. The first-order valence-corrected chi connectivity index (χ1v) is 6.75. The third-order valence-electron chi connectivity index (χ3n) is 2.79. The summed E-state index contributed by atoms with van der Waals surface area (Å²) >= 11 is 0. The lowest BCUT2D eigenvalue weighted by molar-refractivity contribution is 0.930. The lowest BCUT2D eigenvalue weighted by Crippen LogP contribution is -2.21. The summed E-state index contributed by atoms with van der Waals surface area (Å²) in [5.41, 5.74) is 5.13. The number of terminal acetylenes is 1. The van der Waals surface area contributed by atoms with E-state index < -0.39 is 7.26 Å². The minimum atomic E-state index is -1.17. The fourth-order valence-electron chi connectivity index (χ4n) is 2.24. The molecule has 1 heteroatoms. The Hall–Kier alpha value is -0.0100. The molecule has 0 aliphatic rings. The van der Waals surface area contributed by atoms with Gasteiger partial charge in [-0.15, -0.1) is 0 Å². The van der Waals surface area contributed by atoms with Crippen LogP contribution in [0.1, 0.15) is 41.5 Å². The van der Waals surface area contributed by atoms with E-state index in [0.717, 1.165) is 0 Å². The van der Waals surface area contributed by atoms with Gasteiger partial charge < -0.3 is 0 Å². The first-order chi connectivity index (χ1) is 5.39. The molecular weight excluding hydrogens is 163 g/mol. The molecule has 0 amide bonds. The molecule has 0 heterocycles. The van der Waals surface area contributed by atoms with Gasteiger partial charge >= 0.3 is 0 Å². The van der Waals surface area contributed by atoms with Gasteiger partial charge in [0.1, 0.15) is 0 Å². The Morgan fingerprint density at radius 2 is 1.08 bits per heavy atom. The maximum atomic E-state index is 5.71. The molecule has 0 spiro atoms. The summed E-state index contributed by atoms with van der Waals surface area (Å²) in [6.45, 7) is 13.6. The standard InChI is InChI=1S/C11H22P/c1-8-12(9(2)3,10(4)5)11(6)7/h1,9-11H,2-7H3/q+1. The second-order valence-electron chi connectivity index (χ2n) is 4.24. The van der Waals surface area contributed by atoms with Crippen molar-refractivity contribution in [3.05, 3.63) is 0 Å². The summed E-state index contributed by atoms with van der Waals surface area (Å²) in [5.74, 6) is 0. The second-order valence-corrected chi connectivity index (χ2v) is 9.27. The molecule has 0 aromatic heterocycles. The Morgan fingerprint density at radius 3 is 1.08 bits per heavy atom. The first kappa shape index (κ1) is 12.0. The predicted molar refractivity (Wildman–Crippen MR) is 61.2 cm³/mol. The van der Waals surface area contributed by atoms with Crippen molar-refractivity contribution in [2.24, 2.45) is 0 Å². The van der Waals surface area contributed by atoms with Crippen molar-refractivity contribution in [3.8, 4) is 12.1 Å². The van der Waals surface area contributed by atoms with Crippen LogP contribution in [0.5, 0.6) is 0 Å². The summed E-state index contributed by atoms with van der Waals surface area (Å²) in [6.07, 6.45) is 5.71. The zero-order chi connectivity index (χ0) is 9.94. The van der Waals surface area contributed by atoms with Crippen LogP contribution in [0.25, 0.3) is 0 Å². The van der Waals surface area contributed by atoms with Crippen LogP contribution in [-0.2, 0) is 0 Å². The van der Waals surface area contributed by atoms with Crippen molar-refractivity contribution in [1.82, 2.24) is 0 Å². The summed E-state index contributed by atoms with van der Waals surface area (Å²) in [5, 5.41) is 0. The van der Waals surface area contributed by atoms with E-state index in [-0.39, 0.29) is 0 Å². The molecule has 0 atom stereocenters. The normalized spacial score (nSPS) is 12.7. The average Bonchev–Trinajstić information content (AvgIpc) is 1.86. The number of hydrogen-bond acceptors (Lipinski definition) is 0. The van der Waals surface area contributed by atoms with Gasteiger partial charge in [0.15, 0.2) is 0 Å².